The number of carbonyl (C=O) groups excluding carboxylic acids is 2. The van der Waals surface area contributed by atoms with Crippen LogP contribution in [0.5, 0.6) is 11.5 Å². The molecule has 2 amide bonds. The van der Waals surface area contributed by atoms with Crippen molar-refractivity contribution < 1.29 is 23.5 Å². The van der Waals surface area contributed by atoms with Crippen LogP contribution in [0.15, 0.2) is 66.7 Å². The van der Waals surface area contributed by atoms with Gasteiger partial charge in [-0.15, -0.1) is 0 Å². The summed E-state index contributed by atoms with van der Waals surface area (Å²) in [6, 6.07) is 17.9. The number of methoxy groups -OCH3 is 1. The Labute approximate surface area is 196 Å². The van der Waals surface area contributed by atoms with Crippen LogP contribution in [0, 0.1) is 11.7 Å². The van der Waals surface area contributed by atoms with Gasteiger partial charge in [-0.1, -0.05) is 35.9 Å². The zero-order chi connectivity index (χ0) is 23.8. The highest BCUT2D eigenvalue weighted by atomic mass is 35.5. The molecule has 0 aromatic heterocycles. The maximum Gasteiger partial charge on any atom is 0.251 e. The van der Waals surface area contributed by atoms with Gasteiger partial charge in [-0.3, -0.25) is 9.59 Å². The molecule has 0 fully saturated rings. The van der Waals surface area contributed by atoms with Crippen LogP contribution >= 0.6 is 11.6 Å². The number of ether oxygens (including phenoxy) is 2. The number of rotatable bonds is 10. The lowest BCUT2D eigenvalue weighted by Gasteiger charge is -2.16. The lowest BCUT2D eigenvalue weighted by Crippen LogP contribution is -2.37. The van der Waals surface area contributed by atoms with Gasteiger partial charge in [0.1, 0.15) is 12.4 Å². The zero-order valence-corrected chi connectivity index (χ0v) is 18.8. The number of nitrogens with one attached hydrogen (secondary N) is 1. The fraction of sp³-hybridized carbons (Fsp3) is 0.200. The topological polar surface area (TPSA) is 90.6 Å². The predicted molar refractivity (Wildman–Crippen MR) is 124 cm³/mol. The van der Waals surface area contributed by atoms with Crippen LogP contribution in [-0.2, 0) is 17.8 Å². The van der Waals surface area contributed by atoms with E-state index in [2.05, 4.69) is 5.32 Å². The van der Waals surface area contributed by atoms with E-state index >= 15 is 0 Å². The number of hydrogen-bond donors (Lipinski definition) is 2. The maximum absolute atomic E-state index is 13.1. The maximum atomic E-state index is 13.1. The average molecular weight is 471 g/mol. The number of primary amides is 1. The Morgan fingerprint density at radius 1 is 1.00 bits per heavy atom. The molecule has 6 nitrogen and oxygen atoms in total. The van der Waals surface area contributed by atoms with Crippen LogP contribution < -0.4 is 20.5 Å². The highest BCUT2D eigenvalue weighted by Gasteiger charge is 2.19. The van der Waals surface area contributed by atoms with E-state index in [1.165, 1.54) is 19.2 Å². The van der Waals surface area contributed by atoms with Crippen molar-refractivity contribution >= 4 is 23.4 Å². The van der Waals surface area contributed by atoms with E-state index in [-0.39, 0.29) is 24.7 Å². The van der Waals surface area contributed by atoms with Gasteiger partial charge in [-0.05, 0) is 60.0 Å². The van der Waals surface area contributed by atoms with Gasteiger partial charge >= 0.3 is 0 Å². The number of carbonyl (C=O) groups is 2. The zero-order valence-electron chi connectivity index (χ0n) is 18.0. The molecule has 8 heteroatoms. The summed E-state index contributed by atoms with van der Waals surface area (Å²) in [7, 11) is 1.48. The molecule has 3 aromatic rings. The molecule has 172 valence electrons. The molecule has 0 radical (unpaired) electrons. The molecule has 1 atom stereocenters. The van der Waals surface area contributed by atoms with Crippen LogP contribution in [0.1, 0.15) is 21.5 Å². The first-order valence-corrected chi connectivity index (χ1v) is 10.6. The molecule has 0 aliphatic rings. The van der Waals surface area contributed by atoms with E-state index in [0.29, 0.717) is 28.7 Å². The fourth-order valence-corrected chi connectivity index (χ4v) is 3.29. The van der Waals surface area contributed by atoms with E-state index < -0.39 is 11.8 Å². The van der Waals surface area contributed by atoms with Crippen LogP contribution in [0.4, 0.5) is 4.39 Å². The normalized spacial score (nSPS) is 11.5. The van der Waals surface area contributed by atoms with Gasteiger partial charge in [0.25, 0.3) is 5.91 Å². The van der Waals surface area contributed by atoms with Gasteiger partial charge in [0.15, 0.2) is 11.5 Å². The quantitative estimate of drug-likeness (QED) is 0.466. The molecule has 3 aromatic carbocycles. The molecule has 0 saturated heterocycles. The summed E-state index contributed by atoms with van der Waals surface area (Å²) in [6.07, 6.45) is 0.288. The summed E-state index contributed by atoms with van der Waals surface area (Å²) in [5, 5.41) is 3.36. The lowest BCUT2D eigenvalue weighted by molar-refractivity contribution is -0.121. The number of benzene rings is 3. The summed E-state index contributed by atoms with van der Waals surface area (Å²) < 4.78 is 24.3. The van der Waals surface area contributed by atoms with Crippen molar-refractivity contribution in [1.29, 1.82) is 0 Å². The van der Waals surface area contributed by atoms with Crippen molar-refractivity contribution in [1.82, 2.24) is 5.32 Å². The van der Waals surface area contributed by atoms with E-state index in [4.69, 9.17) is 26.8 Å². The van der Waals surface area contributed by atoms with Crippen molar-refractivity contribution in [2.75, 3.05) is 13.7 Å². The second kappa shape index (κ2) is 11.3. The van der Waals surface area contributed by atoms with Gasteiger partial charge in [0.05, 0.1) is 13.0 Å². The molecule has 33 heavy (non-hydrogen) atoms. The van der Waals surface area contributed by atoms with Gasteiger partial charge < -0.3 is 20.5 Å². The summed E-state index contributed by atoms with van der Waals surface area (Å²) in [5.74, 6) is -1.06. The van der Waals surface area contributed by atoms with Crippen molar-refractivity contribution in [2.24, 2.45) is 11.7 Å². The van der Waals surface area contributed by atoms with Crippen molar-refractivity contribution in [2.45, 2.75) is 13.0 Å². The molecule has 3 N–H and O–H groups in total. The standard InChI is InChI=1S/C25H24ClFN2O4/c1-32-23-13-18(6-11-22(23)33-15-17-2-7-20(26)8-3-17)25(31)29-14-19(24(28)30)12-16-4-9-21(27)10-5-16/h2-11,13,19H,12,14-15H2,1H3,(H2,28,30)(H,29,31). The molecule has 0 bridgehead atoms. The Balaban J connectivity index is 1.61. The van der Waals surface area contributed by atoms with E-state index in [1.54, 1.807) is 42.5 Å². The Morgan fingerprint density at radius 3 is 2.30 bits per heavy atom. The summed E-state index contributed by atoms with van der Waals surface area (Å²) in [5.41, 5.74) is 7.51. The van der Waals surface area contributed by atoms with E-state index in [0.717, 1.165) is 11.1 Å². The number of amides is 2. The SMILES string of the molecule is COc1cc(C(=O)NCC(Cc2ccc(F)cc2)C(N)=O)ccc1OCc1ccc(Cl)cc1. The van der Waals surface area contributed by atoms with Gasteiger partial charge in [-0.2, -0.15) is 0 Å². The van der Waals surface area contributed by atoms with Gasteiger partial charge in [0.2, 0.25) is 5.91 Å². The molecule has 1 unspecified atom stereocenters. The molecule has 0 heterocycles. The first-order valence-electron chi connectivity index (χ1n) is 10.2. The average Bonchev–Trinajstić information content (AvgIpc) is 2.82. The first-order chi connectivity index (χ1) is 15.9. The summed E-state index contributed by atoms with van der Waals surface area (Å²) >= 11 is 5.89. The van der Waals surface area contributed by atoms with Crippen molar-refractivity contribution in [3.8, 4) is 11.5 Å². The Kier molecular flexibility index (Phi) is 8.27. The van der Waals surface area contributed by atoms with Crippen LogP contribution in [0.25, 0.3) is 0 Å². The van der Waals surface area contributed by atoms with Crippen molar-refractivity contribution in [3.63, 3.8) is 0 Å². The molecule has 0 aliphatic heterocycles. The van der Waals surface area contributed by atoms with Gasteiger partial charge in [0, 0.05) is 17.1 Å². The predicted octanol–water partition coefficient (Wildman–Crippen LogP) is 4.14. The Hall–Kier alpha value is -3.58. The largest absolute Gasteiger partial charge is 0.493 e. The molecule has 0 saturated carbocycles. The highest BCUT2D eigenvalue weighted by Crippen LogP contribution is 2.29. The second-order valence-electron chi connectivity index (χ2n) is 7.42. The summed E-state index contributed by atoms with van der Waals surface area (Å²) in [4.78, 5) is 24.5. The Bertz CT molecular complexity index is 1100. The second-order valence-corrected chi connectivity index (χ2v) is 7.86. The first kappa shape index (κ1) is 24.1. The molecular weight excluding hydrogens is 447 g/mol. The number of nitrogens with two attached hydrogens (primary N) is 1. The van der Waals surface area contributed by atoms with Crippen LogP contribution in [0.3, 0.4) is 0 Å². The summed E-state index contributed by atoms with van der Waals surface area (Å²) in [6.45, 7) is 0.353. The lowest BCUT2D eigenvalue weighted by atomic mass is 9.98. The number of hydrogen-bond acceptors (Lipinski definition) is 4. The minimum Gasteiger partial charge on any atom is -0.493 e. The molecular formula is C25H24ClFN2O4. The fourth-order valence-electron chi connectivity index (χ4n) is 3.17. The minimum absolute atomic E-state index is 0.0443. The highest BCUT2D eigenvalue weighted by molar-refractivity contribution is 6.30. The van der Waals surface area contributed by atoms with E-state index in [9.17, 15) is 14.0 Å². The van der Waals surface area contributed by atoms with Gasteiger partial charge in [-0.25, -0.2) is 4.39 Å². The van der Waals surface area contributed by atoms with Crippen molar-refractivity contribution in [3.05, 3.63) is 94.3 Å². The third-order valence-corrected chi connectivity index (χ3v) is 5.29. The van der Waals surface area contributed by atoms with Crippen LogP contribution in [-0.4, -0.2) is 25.5 Å². The Morgan fingerprint density at radius 2 is 1.67 bits per heavy atom. The van der Waals surface area contributed by atoms with E-state index in [1.807, 2.05) is 12.1 Å². The van der Waals surface area contributed by atoms with Crippen LogP contribution in [0.2, 0.25) is 5.02 Å². The third kappa shape index (κ3) is 6.95. The molecule has 0 spiro atoms. The monoisotopic (exact) mass is 470 g/mol. The third-order valence-electron chi connectivity index (χ3n) is 5.04. The number of halogens is 2. The molecule has 0 aliphatic carbocycles. The molecule has 3 rings (SSSR count). The smallest absolute Gasteiger partial charge is 0.251 e. The minimum atomic E-state index is -0.636.